The number of aryl methyl sites for hydroxylation is 2. The zero-order chi connectivity index (χ0) is 21.0. The largest absolute Gasteiger partial charge is 0.496 e. The molecule has 2 aromatic rings. The molecule has 156 valence electrons. The highest BCUT2D eigenvalue weighted by Gasteiger charge is 2.33. The lowest BCUT2D eigenvalue weighted by Gasteiger charge is -2.31. The zero-order valence-electron chi connectivity index (χ0n) is 17.1. The molecule has 6 nitrogen and oxygen atoms in total. The van der Waals surface area contributed by atoms with Gasteiger partial charge in [-0.1, -0.05) is 25.1 Å². The van der Waals surface area contributed by atoms with Gasteiger partial charge in [0, 0.05) is 18.8 Å². The lowest BCUT2D eigenvalue weighted by molar-refractivity contribution is -0.120. The molecule has 0 aliphatic carbocycles. The first-order valence-corrected chi connectivity index (χ1v) is 11.3. The molecule has 1 amide bonds. The highest BCUT2D eigenvalue weighted by molar-refractivity contribution is 7.89. The summed E-state index contributed by atoms with van der Waals surface area (Å²) < 4.78 is 32.9. The number of ether oxygens (including phenoxy) is 1. The van der Waals surface area contributed by atoms with E-state index in [0.717, 1.165) is 23.2 Å². The smallest absolute Gasteiger partial charge is 0.243 e. The number of methoxy groups -OCH3 is 1. The number of nitrogens with one attached hydrogen (secondary N) is 1. The van der Waals surface area contributed by atoms with E-state index >= 15 is 0 Å². The zero-order valence-corrected chi connectivity index (χ0v) is 18.0. The Morgan fingerprint density at radius 3 is 2.69 bits per heavy atom. The highest BCUT2D eigenvalue weighted by Crippen LogP contribution is 2.28. The first kappa shape index (κ1) is 21.3. The SMILES string of the molecule is CCc1ccccc1NC(=O)[C@H]1CCCN(S(=O)(=O)c2ccc(OC)c(C)c2)C1. The summed E-state index contributed by atoms with van der Waals surface area (Å²) in [6, 6.07) is 12.5. The minimum Gasteiger partial charge on any atom is -0.496 e. The van der Waals surface area contributed by atoms with Crippen LogP contribution in [0.25, 0.3) is 0 Å². The second-order valence-corrected chi connectivity index (χ2v) is 9.27. The Labute approximate surface area is 172 Å². The molecule has 0 saturated carbocycles. The number of para-hydroxylation sites is 1. The summed E-state index contributed by atoms with van der Waals surface area (Å²) in [5.41, 5.74) is 2.62. The summed E-state index contributed by atoms with van der Waals surface area (Å²) >= 11 is 0. The summed E-state index contributed by atoms with van der Waals surface area (Å²) in [4.78, 5) is 13.1. The fraction of sp³-hybridized carbons (Fsp3) is 0.409. The van der Waals surface area contributed by atoms with Crippen molar-refractivity contribution in [3.63, 3.8) is 0 Å². The Hall–Kier alpha value is -2.38. The van der Waals surface area contributed by atoms with Crippen molar-refractivity contribution in [3.05, 3.63) is 53.6 Å². The Bertz CT molecular complexity index is 988. The summed E-state index contributed by atoms with van der Waals surface area (Å²) in [7, 11) is -2.11. The average Bonchev–Trinajstić information content (AvgIpc) is 2.74. The van der Waals surface area contributed by atoms with Crippen molar-refractivity contribution in [2.45, 2.75) is 38.0 Å². The average molecular weight is 417 g/mol. The molecule has 0 bridgehead atoms. The first-order chi connectivity index (χ1) is 13.9. The molecular formula is C22H28N2O4S. The van der Waals surface area contributed by atoms with Crippen molar-refractivity contribution in [1.29, 1.82) is 0 Å². The minimum atomic E-state index is -3.66. The number of carbonyl (C=O) groups is 1. The predicted molar refractivity (Wildman–Crippen MR) is 114 cm³/mol. The van der Waals surface area contributed by atoms with E-state index < -0.39 is 10.0 Å². The van der Waals surface area contributed by atoms with Gasteiger partial charge in [0.05, 0.1) is 17.9 Å². The van der Waals surface area contributed by atoms with E-state index in [-0.39, 0.29) is 23.3 Å². The fourth-order valence-electron chi connectivity index (χ4n) is 3.72. The van der Waals surface area contributed by atoms with E-state index in [4.69, 9.17) is 4.74 Å². The van der Waals surface area contributed by atoms with Crippen LogP contribution in [0.15, 0.2) is 47.4 Å². The molecule has 0 aromatic heterocycles. The van der Waals surface area contributed by atoms with Crippen LogP contribution in [0.3, 0.4) is 0 Å². The van der Waals surface area contributed by atoms with Gasteiger partial charge in [-0.05, 0) is 61.6 Å². The Morgan fingerprint density at radius 1 is 1.24 bits per heavy atom. The number of benzene rings is 2. The number of amides is 1. The molecule has 1 aliphatic rings. The first-order valence-electron chi connectivity index (χ1n) is 9.90. The highest BCUT2D eigenvalue weighted by atomic mass is 32.2. The van der Waals surface area contributed by atoms with Crippen LogP contribution in [0.5, 0.6) is 5.75 Å². The number of piperidine rings is 1. The molecule has 7 heteroatoms. The number of anilines is 1. The van der Waals surface area contributed by atoms with Gasteiger partial charge in [-0.3, -0.25) is 4.79 Å². The standard InChI is InChI=1S/C22H28N2O4S/c1-4-17-8-5-6-10-20(17)23-22(25)18-9-7-13-24(15-18)29(26,27)19-11-12-21(28-3)16(2)14-19/h5-6,8,10-12,14,18H,4,7,9,13,15H2,1-3H3,(H,23,25)/t18-/m0/s1. The maximum absolute atomic E-state index is 13.1. The lowest BCUT2D eigenvalue weighted by atomic mass is 9.98. The van der Waals surface area contributed by atoms with E-state index in [9.17, 15) is 13.2 Å². The number of sulfonamides is 1. The monoisotopic (exact) mass is 416 g/mol. The summed E-state index contributed by atoms with van der Waals surface area (Å²) in [5, 5.41) is 2.99. The van der Waals surface area contributed by atoms with Crippen LogP contribution < -0.4 is 10.1 Å². The van der Waals surface area contributed by atoms with E-state index in [0.29, 0.717) is 25.1 Å². The second kappa shape index (κ2) is 8.97. The minimum absolute atomic E-state index is 0.128. The molecule has 1 fully saturated rings. The van der Waals surface area contributed by atoms with Crippen molar-refractivity contribution in [2.24, 2.45) is 5.92 Å². The van der Waals surface area contributed by atoms with Crippen molar-refractivity contribution >= 4 is 21.6 Å². The number of rotatable bonds is 6. The third-order valence-corrected chi connectivity index (χ3v) is 7.28. The molecule has 0 spiro atoms. The molecule has 1 heterocycles. The number of carbonyl (C=O) groups excluding carboxylic acids is 1. The molecule has 1 saturated heterocycles. The normalized spacial score (nSPS) is 17.7. The van der Waals surface area contributed by atoms with Crippen LogP contribution in [0.1, 0.15) is 30.9 Å². The summed E-state index contributed by atoms with van der Waals surface area (Å²) in [5.74, 6) is 0.147. The van der Waals surface area contributed by atoms with Crippen LogP contribution in [-0.4, -0.2) is 38.8 Å². The van der Waals surface area contributed by atoms with Gasteiger partial charge in [-0.2, -0.15) is 4.31 Å². The lowest BCUT2D eigenvalue weighted by Crippen LogP contribution is -2.43. The third-order valence-electron chi connectivity index (χ3n) is 5.42. The van der Waals surface area contributed by atoms with Gasteiger partial charge in [0.2, 0.25) is 15.9 Å². The molecule has 1 aliphatic heterocycles. The Balaban J connectivity index is 1.76. The van der Waals surface area contributed by atoms with Gasteiger partial charge in [-0.25, -0.2) is 8.42 Å². The number of hydrogen-bond donors (Lipinski definition) is 1. The van der Waals surface area contributed by atoms with Crippen molar-refractivity contribution in [2.75, 3.05) is 25.5 Å². The number of nitrogens with zero attached hydrogens (tertiary/aromatic N) is 1. The van der Waals surface area contributed by atoms with E-state index in [2.05, 4.69) is 5.32 Å². The van der Waals surface area contributed by atoms with Crippen LogP contribution in [-0.2, 0) is 21.2 Å². The maximum Gasteiger partial charge on any atom is 0.243 e. The van der Waals surface area contributed by atoms with Gasteiger partial charge in [0.25, 0.3) is 0 Å². The van der Waals surface area contributed by atoms with Crippen LogP contribution >= 0.6 is 0 Å². The Morgan fingerprint density at radius 2 is 2.00 bits per heavy atom. The van der Waals surface area contributed by atoms with Gasteiger partial charge in [-0.15, -0.1) is 0 Å². The summed E-state index contributed by atoms with van der Waals surface area (Å²) in [6.07, 6.45) is 2.15. The number of hydrogen-bond acceptors (Lipinski definition) is 4. The maximum atomic E-state index is 13.1. The van der Waals surface area contributed by atoms with E-state index in [1.54, 1.807) is 25.3 Å². The molecule has 1 atom stereocenters. The Kier molecular flexibility index (Phi) is 6.59. The van der Waals surface area contributed by atoms with Gasteiger partial charge >= 0.3 is 0 Å². The molecule has 3 rings (SSSR count). The molecule has 0 unspecified atom stereocenters. The predicted octanol–water partition coefficient (Wildman–Crippen LogP) is 3.61. The van der Waals surface area contributed by atoms with Crippen LogP contribution in [0.4, 0.5) is 5.69 Å². The van der Waals surface area contributed by atoms with Gasteiger partial charge in [0.1, 0.15) is 5.75 Å². The molecule has 2 aromatic carbocycles. The van der Waals surface area contributed by atoms with Crippen LogP contribution in [0, 0.1) is 12.8 Å². The van der Waals surface area contributed by atoms with Crippen molar-refractivity contribution in [3.8, 4) is 5.75 Å². The fourth-order valence-corrected chi connectivity index (χ4v) is 5.33. The van der Waals surface area contributed by atoms with Gasteiger partial charge in [0.15, 0.2) is 0 Å². The molecule has 29 heavy (non-hydrogen) atoms. The van der Waals surface area contributed by atoms with E-state index in [1.165, 1.54) is 4.31 Å². The molecular weight excluding hydrogens is 388 g/mol. The van der Waals surface area contributed by atoms with Crippen LogP contribution in [0.2, 0.25) is 0 Å². The van der Waals surface area contributed by atoms with Crippen molar-refractivity contribution in [1.82, 2.24) is 4.31 Å². The third kappa shape index (κ3) is 4.62. The topological polar surface area (TPSA) is 75.7 Å². The van der Waals surface area contributed by atoms with Gasteiger partial charge < -0.3 is 10.1 Å². The quantitative estimate of drug-likeness (QED) is 0.781. The summed E-state index contributed by atoms with van der Waals surface area (Å²) in [6.45, 7) is 4.46. The molecule has 1 N–H and O–H groups in total. The second-order valence-electron chi connectivity index (χ2n) is 7.33. The van der Waals surface area contributed by atoms with E-state index in [1.807, 2.05) is 38.1 Å². The molecule has 0 radical (unpaired) electrons. The van der Waals surface area contributed by atoms with Crippen molar-refractivity contribution < 1.29 is 17.9 Å².